The van der Waals surface area contributed by atoms with Crippen LogP contribution in [-0.2, 0) is 22.6 Å². The first kappa shape index (κ1) is 26.4. The van der Waals surface area contributed by atoms with Crippen molar-refractivity contribution < 1.29 is 28.8 Å². The van der Waals surface area contributed by atoms with E-state index in [9.17, 15) is 24.5 Å². The Bertz CT molecular complexity index is 1450. The Hall–Kier alpha value is -4.70. The zero-order chi connectivity index (χ0) is 27.4. The van der Waals surface area contributed by atoms with Gasteiger partial charge in [0.1, 0.15) is 12.2 Å². The first-order valence-electron chi connectivity index (χ1n) is 11.5. The summed E-state index contributed by atoms with van der Waals surface area (Å²) in [5.74, 6) is -1.17. The highest BCUT2D eigenvalue weighted by Crippen LogP contribution is 2.38. The molecule has 1 fully saturated rings. The molecule has 11 heteroatoms. The Labute approximate surface area is 222 Å². The molecule has 1 saturated heterocycles. The number of urea groups is 1. The van der Waals surface area contributed by atoms with Crippen molar-refractivity contribution in [2.45, 2.75) is 20.0 Å². The first-order chi connectivity index (χ1) is 18.2. The third kappa shape index (κ3) is 5.50. The van der Waals surface area contributed by atoms with Gasteiger partial charge in [-0.25, -0.2) is 9.69 Å². The number of barbiturate groups is 1. The van der Waals surface area contributed by atoms with Crippen molar-refractivity contribution in [3.8, 4) is 11.5 Å². The molecule has 1 aliphatic heterocycles. The second-order valence-electron chi connectivity index (χ2n) is 8.22. The number of anilines is 1. The number of nitro benzene ring substituents is 1. The van der Waals surface area contributed by atoms with Crippen LogP contribution in [0.15, 0.2) is 66.2 Å². The lowest BCUT2D eigenvalue weighted by atomic mass is 10.1. The van der Waals surface area contributed by atoms with Crippen LogP contribution < -0.4 is 19.7 Å². The molecule has 0 bridgehead atoms. The average molecular weight is 536 g/mol. The molecule has 0 unspecified atom stereocenters. The number of halogens is 1. The molecule has 3 aromatic rings. The molecule has 38 heavy (non-hydrogen) atoms. The number of aryl methyl sites for hydroxylation is 1. The van der Waals surface area contributed by atoms with E-state index >= 15 is 0 Å². The summed E-state index contributed by atoms with van der Waals surface area (Å²) in [6, 6.07) is 14.9. The van der Waals surface area contributed by atoms with Gasteiger partial charge in [-0.05, 0) is 65.6 Å². The van der Waals surface area contributed by atoms with E-state index in [-0.39, 0.29) is 34.4 Å². The van der Waals surface area contributed by atoms with Gasteiger partial charge in [-0.15, -0.1) is 0 Å². The molecular weight excluding hydrogens is 514 g/mol. The number of carbonyl (C=O) groups excluding carboxylic acids is 3. The van der Waals surface area contributed by atoms with E-state index in [0.29, 0.717) is 16.8 Å². The maximum atomic E-state index is 13.2. The van der Waals surface area contributed by atoms with Gasteiger partial charge in [0, 0.05) is 12.1 Å². The zero-order valence-corrected chi connectivity index (χ0v) is 21.2. The number of ether oxygens (including phenoxy) is 2. The van der Waals surface area contributed by atoms with Crippen molar-refractivity contribution in [3.05, 3.63) is 98.1 Å². The van der Waals surface area contributed by atoms with Crippen molar-refractivity contribution >= 4 is 46.9 Å². The molecule has 1 aliphatic rings. The van der Waals surface area contributed by atoms with Crippen LogP contribution in [0.3, 0.4) is 0 Å². The van der Waals surface area contributed by atoms with Gasteiger partial charge in [0.2, 0.25) is 0 Å². The standard InChI is InChI=1S/C27H22ClN3O7/c1-3-16-4-8-19(9-5-16)30-26(33)21(25(32)29-27(30)34)12-18-13-22(28)24(23(14-18)37-2)38-15-17-6-10-20(11-7-17)31(35)36/h4-14H,3,15H2,1-2H3,(H,29,32,34)/b21-12-. The zero-order valence-electron chi connectivity index (χ0n) is 20.4. The number of methoxy groups -OCH3 is 1. The summed E-state index contributed by atoms with van der Waals surface area (Å²) in [6.45, 7) is 2.04. The predicted molar refractivity (Wildman–Crippen MR) is 140 cm³/mol. The smallest absolute Gasteiger partial charge is 0.335 e. The molecule has 0 atom stereocenters. The molecule has 0 radical (unpaired) electrons. The Morgan fingerprint density at radius 3 is 2.29 bits per heavy atom. The Morgan fingerprint density at radius 2 is 1.68 bits per heavy atom. The molecular formula is C27H22ClN3O7. The second-order valence-corrected chi connectivity index (χ2v) is 8.63. The topological polar surface area (TPSA) is 128 Å². The summed E-state index contributed by atoms with van der Waals surface area (Å²) >= 11 is 6.44. The largest absolute Gasteiger partial charge is 0.493 e. The SMILES string of the molecule is CCc1ccc(N2C(=O)NC(=O)/C(=C/c3cc(Cl)c(OCc4ccc([N+](=O)[O-])cc4)c(OC)c3)C2=O)cc1. The highest BCUT2D eigenvalue weighted by molar-refractivity contribution is 6.39. The number of hydrogen-bond acceptors (Lipinski definition) is 7. The second kappa shape index (κ2) is 11.1. The maximum absolute atomic E-state index is 13.2. The lowest BCUT2D eigenvalue weighted by molar-refractivity contribution is -0.384. The van der Waals surface area contributed by atoms with Gasteiger partial charge < -0.3 is 9.47 Å². The summed E-state index contributed by atoms with van der Waals surface area (Å²) in [6.07, 6.45) is 2.10. The van der Waals surface area contributed by atoms with E-state index < -0.39 is 22.8 Å². The monoisotopic (exact) mass is 535 g/mol. The number of non-ortho nitro benzene ring substituents is 1. The van der Waals surface area contributed by atoms with Crippen LogP contribution in [0.1, 0.15) is 23.6 Å². The number of imide groups is 2. The van der Waals surface area contributed by atoms with Crippen LogP contribution in [0.2, 0.25) is 5.02 Å². The van der Waals surface area contributed by atoms with Crippen molar-refractivity contribution in [1.29, 1.82) is 0 Å². The third-order valence-corrected chi connectivity index (χ3v) is 6.08. The summed E-state index contributed by atoms with van der Waals surface area (Å²) in [7, 11) is 1.40. The van der Waals surface area contributed by atoms with Crippen LogP contribution in [-0.4, -0.2) is 29.9 Å². The fourth-order valence-corrected chi connectivity index (χ4v) is 4.05. The minimum atomic E-state index is -0.841. The van der Waals surface area contributed by atoms with Crippen molar-refractivity contribution in [1.82, 2.24) is 5.32 Å². The number of amides is 4. The lowest BCUT2D eigenvalue weighted by Gasteiger charge is -2.26. The van der Waals surface area contributed by atoms with Crippen molar-refractivity contribution in [2.75, 3.05) is 12.0 Å². The van der Waals surface area contributed by atoms with E-state index in [1.165, 1.54) is 37.5 Å². The molecule has 194 valence electrons. The van der Waals surface area contributed by atoms with Gasteiger partial charge in [-0.2, -0.15) is 0 Å². The lowest BCUT2D eigenvalue weighted by Crippen LogP contribution is -2.54. The molecule has 0 spiro atoms. The number of rotatable bonds is 8. The molecule has 1 heterocycles. The van der Waals surface area contributed by atoms with Crippen molar-refractivity contribution in [3.63, 3.8) is 0 Å². The summed E-state index contributed by atoms with van der Waals surface area (Å²) < 4.78 is 11.2. The Kier molecular flexibility index (Phi) is 7.73. The minimum Gasteiger partial charge on any atom is -0.493 e. The fraction of sp³-hybridized carbons (Fsp3) is 0.148. The number of benzene rings is 3. The Balaban J connectivity index is 1.59. The van der Waals surface area contributed by atoms with Crippen molar-refractivity contribution in [2.24, 2.45) is 0 Å². The number of nitro groups is 1. The van der Waals surface area contributed by atoms with Gasteiger partial charge in [0.25, 0.3) is 17.5 Å². The third-order valence-electron chi connectivity index (χ3n) is 5.80. The molecule has 0 saturated carbocycles. The number of nitrogens with zero attached hydrogens (tertiary/aromatic N) is 2. The first-order valence-corrected chi connectivity index (χ1v) is 11.8. The van der Waals surface area contributed by atoms with Gasteiger partial charge >= 0.3 is 6.03 Å². The number of hydrogen-bond donors (Lipinski definition) is 1. The quantitative estimate of drug-likeness (QED) is 0.185. The van der Waals surface area contributed by atoms with Gasteiger partial charge in [0.05, 0.1) is 22.7 Å². The van der Waals surface area contributed by atoms with Gasteiger partial charge in [-0.3, -0.25) is 25.0 Å². The predicted octanol–water partition coefficient (Wildman–Crippen LogP) is 5.06. The highest BCUT2D eigenvalue weighted by Gasteiger charge is 2.36. The molecule has 0 aliphatic carbocycles. The molecule has 10 nitrogen and oxygen atoms in total. The van der Waals surface area contributed by atoms with E-state index in [1.54, 1.807) is 36.4 Å². The average Bonchev–Trinajstić information content (AvgIpc) is 2.90. The maximum Gasteiger partial charge on any atom is 0.335 e. The summed E-state index contributed by atoms with van der Waals surface area (Å²) in [5.41, 5.74) is 2.09. The highest BCUT2D eigenvalue weighted by atomic mass is 35.5. The molecule has 3 aromatic carbocycles. The van der Waals surface area contributed by atoms with E-state index in [0.717, 1.165) is 16.9 Å². The van der Waals surface area contributed by atoms with Gasteiger partial charge in [0.15, 0.2) is 11.5 Å². The van der Waals surface area contributed by atoms with Crippen LogP contribution in [0.25, 0.3) is 6.08 Å². The Morgan fingerprint density at radius 1 is 1.03 bits per heavy atom. The summed E-state index contributed by atoms with van der Waals surface area (Å²) in [4.78, 5) is 49.4. The molecule has 4 rings (SSSR count). The van der Waals surface area contributed by atoms with Gasteiger partial charge in [-0.1, -0.05) is 30.7 Å². The van der Waals surface area contributed by atoms with E-state index in [2.05, 4.69) is 5.32 Å². The van der Waals surface area contributed by atoms with Crippen LogP contribution >= 0.6 is 11.6 Å². The van der Waals surface area contributed by atoms with E-state index in [4.69, 9.17) is 21.1 Å². The van der Waals surface area contributed by atoms with Crippen LogP contribution in [0.4, 0.5) is 16.2 Å². The number of nitrogens with one attached hydrogen (secondary N) is 1. The molecule has 4 amide bonds. The summed E-state index contributed by atoms with van der Waals surface area (Å²) in [5, 5.41) is 13.2. The van der Waals surface area contributed by atoms with Crippen LogP contribution in [0.5, 0.6) is 11.5 Å². The number of carbonyl (C=O) groups is 3. The van der Waals surface area contributed by atoms with Crippen LogP contribution in [0, 0.1) is 10.1 Å². The van der Waals surface area contributed by atoms with E-state index in [1.807, 2.05) is 6.92 Å². The fourth-order valence-electron chi connectivity index (χ4n) is 3.77. The molecule has 0 aromatic heterocycles. The minimum absolute atomic E-state index is 0.0405. The molecule has 1 N–H and O–H groups in total. The normalized spacial score (nSPS) is 14.4.